The third-order valence-electron chi connectivity index (χ3n) is 2.54. The summed E-state index contributed by atoms with van der Waals surface area (Å²) in [5.74, 6) is 0.586. The number of hydrogen-bond acceptors (Lipinski definition) is 3. The molecule has 0 aliphatic rings. The van der Waals surface area contributed by atoms with Crippen molar-refractivity contribution in [2.45, 2.75) is 32.7 Å². The van der Waals surface area contributed by atoms with Crippen LogP contribution in [0.15, 0.2) is 12.3 Å². The zero-order valence-electron chi connectivity index (χ0n) is 9.37. The Labute approximate surface area is 91.1 Å². The van der Waals surface area contributed by atoms with E-state index in [1.807, 2.05) is 6.07 Å². The molecular weight excluding hydrogens is 190 g/mol. The van der Waals surface area contributed by atoms with E-state index in [0.29, 0.717) is 5.92 Å². The van der Waals surface area contributed by atoms with E-state index in [0.717, 1.165) is 25.2 Å². The highest BCUT2D eigenvalue weighted by Crippen LogP contribution is 2.09. The van der Waals surface area contributed by atoms with Gasteiger partial charge in [-0.05, 0) is 31.4 Å². The molecule has 4 nitrogen and oxygen atoms in total. The Hall–Kier alpha value is -0.870. The largest absolute Gasteiger partial charge is 0.396 e. The standard InChI is InChI=1S/C11H21N3O/c1-2-3-10(5-7-15)8-12-9-11-4-6-13-14-11/h4,6,10,12,15H,2-3,5,7-9H2,1H3,(H,13,14). The summed E-state index contributed by atoms with van der Waals surface area (Å²) in [5, 5.41) is 19.1. The molecule has 15 heavy (non-hydrogen) atoms. The number of hydrogen-bond donors (Lipinski definition) is 3. The summed E-state index contributed by atoms with van der Waals surface area (Å²) < 4.78 is 0. The number of H-pyrrole nitrogens is 1. The number of aromatic nitrogens is 2. The fourth-order valence-electron chi connectivity index (χ4n) is 1.73. The molecule has 0 bridgehead atoms. The summed E-state index contributed by atoms with van der Waals surface area (Å²) in [6, 6.07) is 1.97. The van der Waals surface area contributed by atoms with Crippen LogP contribution in [0.3, 0.4) is 0 Å². The van der Waals surface area contributed by atoms with Crippen LogP contribution in [0.2, 0.25) is 0 Å². The van der Waals surface area contributed by atoms with Crippen molar-refractivity contribution in [3.05, 3.63) is 18.0 Å². The summed E-state index contributed by atoms with van der Waals surface area (Å²) in [6.07, 6.45) is 5.00. The molecule has 4 heteroatoms. The number of aromatic amines is 1. The van der Waals surface area contributed by atoms with E-state index >= 15 is 0 Å². The summed E-state index contributed by atoms with van der Waals surface area (Å²) in [6.45, 7) is 4.26. The molecule has 0 fully saturated rings. The van der Waals surface area contributed by atoms with Crippen LogP contribution in [-0.4, -0.2) is 28.5 Å². The molecule has 0 saturated heterocycles. The van der Waals surface area contributed by atoms with Gasteiger partial charge in [0.1, 0.15) is 0 Å². The highest BCUT2D eigenvalue weighted by Gasteiger charge is 2.06. The quantitative estimate of drug-likeness (QED) is 0.607. The lowest BCUT2D eigenvalue weighted by Gasteiger charge is -2.15. The van der Waals surface area contributed by atoms with Crippen molar-refractivity contribution in [3.63, 3.8) is 0 Å². The van der Waals surface area contributed by atoms with E-state index in [1.165, 1.54) is 12.8 Å². The molecule has 0 amide bonds. The van der Waals surface area contributed by atoms with E-state index in [-0.39, 0.29) is 6.61 Å². The Balaban J connectivity index is 2.15. The summed E-state index contributed by atoms with van der Waals surface area (Å²) in [7, 11) is 0. The zero-order chi connectivity index (χ0) is 10.9. The topological polar surface area (TPSA) is 60.9 Å². The summed E-state index contributed by atoms with van der Waals surface area (Å²) in [4.78, 5) is 0. The van der Waals surface area contributed by atoms with Crippen molar-refractivity contribution in [2.24, 2.45) is 5.92 Å². The second-order valence-electron chi connectivity index (χ2n) is 3.88. The first kappa shape index (κ1) is 12.2. The number of aliphatic hydroxyl groups is 1. The van der Waals surface area contributed by atoms with Crippen molar-refractivity contribution in [1.29, 1.82) is 0 Å². The molecule has 1 aromatic rings. The van der Waals surface area contributed by atoms with Gasteiger partial charge in [-0.2, -0.15) is 5.10 Å². The maximum atomic E-state index is 8.90. The highest BCUT2D eigenvalue weighted by atomic mass is 16.3. The van der Waals surface area contributed by atoms with Crippen LogP contribution in [0.5, 0.6) is 0 Å². The average Bonchev–Trinajstić information content (AvgIpc) is 2.71. The first-order valence-electron chi connectivity index (χ1n) is 5.66. The normalized spacial score (nSPS) is 12.9. The second-order valence-corrected chi connectivity index (χ2v) is 3.88. The third kappa shape index (κ3) is 4.95. The Bertz CT molecular complexity index is 230. The molecular formula is C11H21N3O. The van der Waals surface area contributed by atoms with Gasteiger partial charge >= 0.3 is 0 Å². The lowest BCUT2D eigenvalue weighted by atomic mass is 10.0. The van der Waals surface area contributed by atoms with Gasteiger partial charge in [-0.1, -0.05) is 13.3 Å². The molecule has 0 radical (unpaired) electrons. The Kier molecular flexibility index (Phi) is 6.04. The van der Waals surface area contributed by atoms with Gasteiger partial charge in [0.25, 0.3) is 0 Å². The zero-order valence-corrected chi connectivity index (χ0v) is 9.37. The molecule has 1 unspecified atom stereocenters. The Morgan fingerprint density at radius 2 is 2.40 bits per heavy atom. The smallest absolute Gasteiger partial charge is 0.0490 e. The van der Waals surface area contributed by atoms with Crippen molar-refractivity contribution in [2.75, 3.05) is 13.2 Å². The summed E-state index contributed by atoms with van der Waals surface area (Å²) in [5.41, 5.74) is 1.11. The molecule has 1 heterocycles. The minimum atomic E-state index is 0.288. The number of nitrogens with one attached hydrogen (secondary N) is 2. The molecule has 0 spiro atoms. The van der Waals surface area contributed by atoms with Crippen molar-refractivity contribution >= 4 is 0 Å². The van der Waals surface area contributed by atoms with Crippen LogP contribution in [0.4, 0.5) is 0 Å². The molecule has 1 rings (SSSR count). The van der Waals surface area contributed by atoms with Gasteiger partial charge < -0.3 is 10.4 Å². The number of rotatable bonds is 8. The molecule has 0 aliphatic carbocycles. The Morgan fingerprint density at radius 3 is 3.00 bits per heavy atom. The van der Waals surface area contributed by atoms with Crippen molar-refractivity contribution in [1.82, 2.24) is 15.5 Å². The third-order valence-corrected chi connectivity index (χ3v) is 2.54. The number of aliphatic hydroxyl groups excluding tert-OH is 1. The molecule has 0 saturated carbocycles. The van der Waals surface area contributed by atoms with Gasteiger partial charge in [0.2, 0.25) is 0 Å². The highest BCUT2D eigenvalue weighted by molar-refractivity contribution is 4.96. The van der Waals surface area contributed by atoms with Gasteiger partial charge in [0.15, 0.2) is 0 Å². The van der Waals surface area contributed by atoms with E-state index < -0.39 is 0 Å². The van der Waals surface area contributed by atoms with Crippen molar-refractivity contribution < 1.29 is 5.11 Å². The minimum absolute atomic E-state index is 0.288. The molecule has 0 aliphatic heterocycles. The van der Waals surface area contributed by atoms with Crippen LogP contribution in [0.1, 0.15) is 31.9 Å². The fourth-order valence-corrected chi connectivity index (χ4v) is 1.73. The van der Waals surface area contributed by atoms with Gasteiger partial charge in [-0.25, -0.2) is 0 Å². The minimum Gasteiger partial charge on any atom is -0.396 e. The predicted octanol–water partition coefficient (Wildman–Crippen LogP) is 1.30. The SMILES string of the molecule is CCCC(CCO)CNCc1ccn[nH]1. The lowest BCUT2D eigenvalue weighted by molar-refractivity contribution is 0.248. The van der Waals surface area contributed by atoms with E-state index in [2.05, 4.69) is 22.4 Å². The Morgan fingerprint density at radius 1 is 1.53 bits per heavy atom. The monoisotopic (exact) mass is 211 g/mol. The molecule has 0 aromatic carbocycles. The van der Waals surface area contributed by atoms with Crippen LogP contribution >= 0.6 is 0 Å². The van der Waals surface area contributed by atoms with Gasteiger partial charge in [-0.15, -0.1) is 0 Å². The van der Waals surface area contributed by atoms with E-state index in [1.54, 1.807) is 6.20 Å². The number of nitrogens with zero attached hydrogens (tertiary/aromatic N) is 1. The van der Waals surface area contributed by atoms with Crippen LogP contribution < -0.4 is 5.32 Å². The van der Waals surface area contributed by atoms with Gasteiger partial charge in [-0.3, -0.25) is 5.10 Å². The van der Waals surface area contributed by atoms with E-state index in [4.69, 9.17) is 5.11 Å². The maximum absolute atomic E-state index is 8.90. The van der Waals surface area contributed by atoms with Crippen LogP contribution in [-0.2, 0) is 6.54 Å². The second kappa shape index (κ2) is 7.43. The van der Waals surface area contributed by atoms with Crippen LogP contribution in [0, 0.1) is 5.92 Å². The molecule has 1 aromatic heterocycles. The first-order valence-corrected chi connectivity index (χ1v) is 5.66. The predicted molar refractivity (Wildman–Crippen MR) is 60.4 cm³/mol. The molecule has 3 N–H and O–H groups in total. The molecule has 1 atom stereocenters. The van der Waals surface area contributed by atoms with Gasteiger partial charge in [0, 0.05) is 25.0 Å². The average molecular weight is 211 g/mol. The van der Waals surface area contributed by atoms with Crippen molar-refractivity contribution in [3.8, 4) is 0 Å². The van der Waals surface area contributed by atoms with E-state index in [9.17, 15) is 0 Å². The fraction of sp³-hybridized carbons (Fsp3) is 0.727. The van der Waals surface area contributed by atoms with Crippen LogP contribution in [0.25, 0.3) is 0 Å². The maximum Gasteiger partial charge on any atom is 0.0490 e. The first-order chi connectivity index (χ1) is 7.36. The summed E-state index contributed by atoms with van der Waals surface area (Å²) >= 11 is 0. The lowest BCUT2D eigenvalue weighted by Crippen LogP contribution is -2.23. The van der Waals surface area contributed by atoms with Gasteiger partial charge in [0.05, 0.1) is 0 Å². The molecule has 86 valence electrons.